The Labute approximate surface area is 195 Å². The van der Waals surface area contributed by atoms with Crippen LogP contribution in [0, 0.1) is 0 Å². The van der Waals surface area contributed by atoms with E-state index in [0.717, 1.165) is 28.2 Å². The quantitative estimate of drug-likeness (QED) is 0.310. The SMILES string of the molecule is O.O.[B]c1ccccc1-n1ccnc1C(c1ccccc1)(c1ccccc1)c1ccccc1. The Morgan fingerprint density at radius 2 is 1.00 bits per heavy atom. The summed E-state index contributed by atoms with van der Waals surface area (Å²) in [7, 11) is 6.39. The molecule has 1 aromatic heterocycles. The van der Waals surface area contributed by atoms with Gasteiger partial charge in [0.2, 0.25) is 0 Å². The van der Waals surface area contributed by atoms with Crippen molar-refractivity contribution >= 4 is 13.3 Å². The number of nitrogens with zero attached hydrogens (tertiary/aromatic N) is 2. The largest absolute Gasteiger partial charge is 0.412 e. The van der Waals surface area contributed by atoms with Crippen LogP contribution in [0.1, 0.15) is 22.5 Å². The number of benzene rings is 4. The average molecular weight is 432 g/mol. The van der Waals surface area contributed by atoms with Crippen LogP contribution < -0.4 is 5.46 Å². The lowest BCUT2D eigenvalue weighted by Gasteiger charge is -2.36. The Hall–Kier alpha value is -3.93. The first-order valence-electron chi connectivity index (χ1n) is 10.4. The van der Waals surface area contributed by atoms with Gasteiger partial charge in [-0.05, 0) is 22.8 Å². The van der Waals surface area contributed by atoms with E-state index in [9.17, 15) is 0 Å². The van der Waals surface area contributed by atoms with E-state index in [-0.39, 0.29) is 11.0 Å². The van der Waals surface area contributed by atoms with E-state index >= 15 is 0 Å². The van der Waals surface area contributed by atoms with Gasteiger partial charge >= 0.3 is 0 Å². The van der Waals surface area contributed by atoms with Crippen LogP contribution >= 0.6 is 0 Å². The molecule has 2 radical (unpaired) electrons. The summed E-state index contributed by atoms with van der Waals surface area (Å²) in [6.07, 6.45) is 3.84. The van der Waals surface area contributed by atoms with Gasteiger partial charge in [0.25, 0.3) is 0 Å². The fourth-order valence-electron chi connectivity index (χ4n) is 4.43. The molecule has 0 saturated carbocycles. The third-order valence-corrected chi connectivity index (χ3v) is 5.79. The molecule has 33 heavy (non-hydrogen) atoms. The maximum absolute atomic E-state index is 6.39. The molecule has 5 heteroatoms. The van der Waals surface area contributed by atoms with Gasteiger partial charge in [-0.25, -0.2) is 4.98 Å². The number of hydrogen-bond donors (Lipinski definition) is 0. The molecular formula is C28H25BN2O2. The van der Waals surface area contributed by atoms with Crippen molar-refractivity contribution in [3.63, 3.8) is 0 Å². The van der Waals surface area contributed by atoms with Crippen LogP contribution in [0.4, 0.5) is 0 Å². The van der Waals surface area contributed by atoms with Gasteiger partial charge < -0.3 is 15.5 Å². The van der Waals surface area contributed by atoms with Crippen molar-refractivity contribution < 1.29 is 11.0 Å². The lowest BCUT2D eigenvalue weighted by Crippen LogP contribution is -2.34. The molecule has 0 aliphatic carbocycles. The number of imidazole rings is 1. The minimum Gasteiger partial charge on any atom is -0.412 e. The second-order valence-corrected chi connectivity index (χ2v) is 7.53. The normalized spacial score (nSPS) is 10.7. The van der Waals surface area contributed by atoms with Crippen molar-refractivity contribution in [2.45, 2.75) is 5.41 Å². The standard InChI is InChI=1S/C28H21BN2.2H2O/c29-25-18-10-11-19-26(25)31-21-20-30-27(31)28(22-12-4-1-5-13-22,23-14-6-2-7-15-23)24-16-8-3-9-17-24;;/h1-21H;2*1H2. The molecule has 0 atom stereocenters. The van der Waals surface area contributed by atoms with Crippen LogP contribution in [0.15, 0.2) is 128 Å². The van der Waals surface area contributed by atoms with E-state index in [2.05, 4.69) is 77.4 Å². The zero-order chi connectivity index (χ0) is 21.1. The molecule has 0 amide bonds. The van der Waals surface area contributed by atoms with Crippen LogP contribution in [0.25, 0.3) is 5.69 Å². The van der Waals surface area contributed by atoms with Gasteiger partial charge in [-0.2, -0.15) is 0 Å². The smallest absolute Gasteiger partial charge is 0.132 e. The third kappa shape index (κ3) is 4.00. The maximum Gasteiger partial charge on any atom is 0.132 e. The van der Waals surface area contributed by atoms with E-state index in [1.807, 2.05) is 54.9 Å². The van der Waals surface area contributed by atoms with E-state index in [4.69, 9.17) is 12.8 Å². The molecular weight excluding hydrogens is 407 g/mol. The summed E-state index contributed by atoms with van der Waals surface area (Å²) in [5.41, 5.74) is 4.46. The summed E-state index contributed by atoms with van der Waals surface area (Å²) < 4.78 is 2.11. The molecule has 0 unspecified atom stereocenters. The van der Waals surface area contributed by atoms with Crippen molar-refractivity contribution in [3.8, 4) is 5.69 Å². The molecule has 1 heterocycles. The molecule has 0 aliphatic heterocycles. The van der Waals surface area contributed by atoms with Crippen LogP contribution in [-0.4, -0.2) is 28.3 Å². The fraction of sp³-hybridized carbons (Fsp3) is 0.0357. The van der Waals surface area contributed by atoms with Gasteiger partial charge in [-0.15, -0.1) is 0 Å². The lowest BCUT2D eigenvalue weighted by molar-refractivity contribution is 0.665. The number of rotatable bonds is 5. The summed E-state index contributed by atoms with van der Waals surface area (Å²) in [5.74, 6) is 0.897. The monoisotopic (exact) mass is 432 g/mol. The van der Waals surface area contributed by atoms with Crippen molar-refractivity contribution in [1.82, 2.24) is 9.55 Å². The first-order chi connectivity index (χ1) is 15.3. The van der Waals surface area contributed by atoms with Gasteiger partial charge in [-0.1, -0.05) is 115 Å². The van der Waals surface area contributed by atoms with Crippen LogP contribution in [0.5, 0.6) is 0 Å². The topological polar surface area (TPSA) is 80.8 Å². The summed E-state index contributed by atoms with van der Waals surface area (Å²) in [5, 5.41) is 0. The predicted octanol–water partition coefficient (Wildman–Crippen LogP) is 3.40. The zero-order valence-corrected chi connectivity index (χ0v) is 18.1. The minimum absolute atomic E-state index is 0. The molecule has 0 spiro atoms. The molecule has 5 aromatic rings. The molecule has 162 valence electrons. The highest BCUT2D eigenvalue weighted by molar-refractivity contribution is 6.34. The van der Waals surface area contributed by atoms with Gasteiger partial charge in [-0.3, -0.25) is 0 Å². The maximum atomic E-state index is 6.39. The molecule has 5 rings (SSSR count). The molecule has 0 fully saturated rings. The molecule has 4 aromatic carbocycles. The third-order valence-electron chi connectivity index (χ3n) is 5.79. The van der Waals surface area contributed by atoms with Crippen molar-refractivity contribution in [2.75, 3.05) is 0 Å². The minimum atomic E-state index is -0.616. The van der Waals surface area contributed by atoms with Gasteiger partial charge in [0, 0.05) is 18.1 Å². The number of hydrogen-bond acceptors (Lipinski definition) is 1. The Balaban J connectivity index is 0.00000153. The second kappa shape index (κ2) is 10.1. The Morgan fingerprint density at radius 3 is 1.45 bits per heavy atom. The molecule has 0 aliphatic rings. The van der Waals surface area contributed by atoms with Crippen LogP contribution in [-0.2, 0) is 5.41 Å². The van der Waals surface area contributed by atoms with E-state index in [0.29, 0.717) is 5.46 Å². The summed E-state index contributed by atoms with van der Waals surface area (Å²) in [6.45, 7) is 0. The zero-order valence-electron chi connectivity index (χ0n) is 18.1. The number of aromatic nitrogens is 2. The summed E-state index contributed by atoms with van der Waals surface area (Å²) >= 11 is 0. The van der Waals surface area contributed by atoms with E-state index in [1.165, 1.54) is 0 Å². The molecule has 4 N–H and O–H groups in total. The highest BCUT2D eigenvalue weighted by Crippen LogP contribution is 2.44. The Morgan fingerprint density at radius 1 is 0.576 bits per heavy atom. The Kier molecular flexibility index (Phi) is 7.28. The van der Waals surface area contributed by atoms with Crippen molar-refractivity contribution in [2.24, 2.45) is 0 Å². The van der Waals surface area contributed by atoms with E-state index < -0.39 is 5.41 Å². The highest BCUT2D eigenvalue weighted by atomic mass is 16.0. The van der Waals surface area contributed by atoms with Gasteiger partial charge in [0.1, 0.15) is 19.1 Å². The molecule has 4 nitrogen and oxygen atoms in total. The lowest BCUT2D eigenvalue weighted by atomic mass is 9.68. The molecule has 0 bridgehead atoms. The average Bonchev–Trinajstić information content (AvgIpc) is 3.32. The van der Waals surface area contributed by atoms with Crippen LogP contribution in [0.2, 0.25) is 0 Å². The predicted molar refractivity (Wildman–Crippen MR) is 134 cm³/mol. The second-order valence-electron chi connectivity index (χ2n) is 7.53. The fourth-order valence-corrected chi connectivity index (χ4v) is 4.43. The van der Waals surface area contributed by atoms with E-state index in [1.54, 1.807) is 0 Å². The summed E-state index contributed by atoms with van der Waals surface area (Å²) in [6, 6.07) is 39.6. The van der Waals surface area contributed by atoms with Crippen molar-refractivity contribution in [1.29, 1.82) is 0 Å². The van der Waals surface area contributed by atoms with Crippen LogP contribution in [0.3, 0.4) is 0 Å². The highest BCUT2D eigenvalue weighted by Gasteiger charge is 2.42. The van der Waals surface area contributed by atoms with Gasteiger partial charge in [0.05, 0.1) is 0 Å². The number of para-hydroxylation sites is 1. The first kappa shape index (κ1) is 23.7. The van der Waals surface area contributed by atoms with Crippen molar-refractivity contribution in [3.05, 3.63) is 150 Å². The van der Waals surface area contributed by atoms with Gasteiger partial charge in [0.15, 0.2) is 0 Å². The summed E-state index contributed by atoms with van der Waals surface area (Å²) in [4.78, 5) is 4.94. The molecule has 0 saturated heterocycles. The Bertz CT molecular complexity index is 1190. The first-order valence-corrected chi connectivity index (χ1v) is 10.4.